The molecule has 0 saturated heterocycles. The molecule has 0 fully saturated rings. The minimum atomic E-state index is -0.319. The zero-order chi connectivity index (χ0) is 15.8. The summed E-state index contributed by atoms with van der Waals surface area (Å²) < 4.78 is 10.4. The molecule has 0 aliphatic heterocycles. The molecular weight excluding hydrogens is 282 g/mol. The molecule has 0 atom stereocenters. The van der Waals surface area contributed by atoms with E-state index in [0.717, 1.165) is 11.3 Å². The molecule has 6 nitrogen and oxygen atoms in total. The van der Waals surface area contributed by atoms with Crippen molar-refractivity contribution in [1.82, 2.24) is 15.8 Å². The number of carbonyl (C=O) groups is 1. The maximum atomic E-state index is 11.7. The van der Waals surface area contributed by atoms with Gasteiger partial charge < -0.3 is 9.47 Å². The molecule has 2 N–H and O–H groups in total. The molecule has 6 heteroatoms. The minimum Gasteiger partial charge on any atom is -0.497 e. The molecule has 0 aliphatic rings. The second-order valence-electron chi connectivity index (χ2n) is 4.36. The van der Waals surface area contributed by atoms with Gasteiger partial charge >= 0.3 is 0 Å². The molecule has 0 unspecified atom stereocenters. The van der Waals surface area contributed by atoms with Crippen molar-refractivity contribution in [3.05, 3.63) is 60.9 Å². The average molecular weight is 299 g/mol. The molecule has 0 radical (unpaired) electrons. The second-order valence-corrected chi connectivity index (χ2v) is 4.36. The van der Waals surface area contributed by atoms with Crippen LogP contribution in [0.15, 0.2) is 55.4 Å². The fourth-order valence-corrected chi connectivity index (χ4v) is 1.62. The number of hydrogen-bond acceptors (Lipinski definition) is 5. The molecule has 1 aromatic heterocycles. The van der Waals surface area contributed by atoms with E-state index in [4.69, 9.17) is 9.47 Å². The van der Waals surface area contributed by atoms with Crippen LogP contribution in [0.2, 0.25) is 0 Å². The van der Waals surface area contributed by atoms with Gasteiger partial charge in [0.15, 0.2) is 6.61 Å². The van der Waals surface area contributed by atoms with Crippen molar-refractivity contribution in [2.24, 2.45) is 0 Å². The molecule has 22 heavy (non-hydrogen) atoms. The number of ether oxygens (including phenoxy) is 2. The Balaban J connectivity index is 1.74. The van der Waals surface area contributed by atoms with Gasteiger partial charge in [-0.25, -0.2) is 0 Å². The average Bonchev–Trinajstić information content (AvgIpc) is 2.59. The Bertz CT molecular complexity index is 627. The number of benzene rings is 1. The maximum Gasteiger partial charge on any atom is 0.276 e. The van der Waals surface area contributed by atoms with Crippen LogP contribution in [0.5, 0.6) is 11.5 Å². The Labute approximate surface area is 128 Å². The summed E-state index contributed by atoms with van der Waals surface area (Å²) in [7, 11) is 1.59. The lowest BCUT2D eigenvalue weighted by molar-refractivity contribution is -0.123. The molecule has 0 bridgehead atoms. The van der Waals surface area contributed by atoms with Gasteiger partial charge in [-0.1, -0.05) is 6.58 Å². The SMILES string of the molecule is C=C(NNC(=O)COc1ccc(OC)cc1)c1cccnc1. The summed E-state index contributed by atoms with van der Waals surface area (Å²) in [6.45, 7) is 3.70. The van der Waals surface area contributed by atoms with Crippen molar-refractivity contribution < 1.29 is 14.3 Å². The first-order valence-electron chi connectivity index (χ1n) is 6.60. The van der Waals surface area contributed by atoms with E-state index in [-0.39, 0.29) is 12.5 Å². The predicted octanol–water partition coefficient (Wildman–Crippen LogP) is 1.76. The molecule has 0 saturated carbocycles. The van der Waals surface area contributed by atoms with E-state index in [1.807, 2.05) is 6.07 Å². The molecule has 114 valence electrons. The summed E-state index contributed by atoms with van der Waals surface area (Å²) in [6.07, 6.45) is 3.31. The molecule has 0 spiro atoms. The van der Waals surface area contributed by atoms with Crippen molar-refractivity contribution in [3.63, 3.8) is 0 Å². The summed E-state index contributed by atoms with van der Waals surface area (Å²) >= 11 is 0. The number of methoxy groups -OCH3 is 1. The third-order valence-corrected chi connectivity index (χ3v) is 2.79. The van der Waals surface area contributed by atoms with Crippen LogP contribution in [0.3, 0.4) is 0 Å². The topological polar surface area (TPSA) is 72.5 Å². The van der Waals surface area contributed by atoms with E-state index >= 15 is 0 Å². The lowest BCUT2D eigenvalue weighted by atomic mass is 10.2. The number of aromatic nitrogens is 1. The van der Waals surface area contributed by atoms with Gasteiger partial charge in [0.1, 0.15) is 11.5 Å². The zero-order valence-corrected chi connectivity index (χ0v) is 12.2. The normalized spacial score (nSPS) is 9.68. The first-order valence-corrected chi connectivity index (χ1v) is 6.60. The van der Waals surface area contributed by atoms with Gasteiger partial charge in [0.2, 0.25) is 0 Å². The second kappa shape index (κ2) is 7.68. The van der Waals surface area contributed by atoms with E-state index in [9.17, 15) is 4.79 Å². The quantitative estimate of drug-likeness (QED) is 0.762. The molecule has 1 amide bonds. The fourth-order valence-electron chi connectivity index (χ4n) is 1.62. The van der Waals surface area contributed by atoms with Crippen LogP contribution in [-0.2, 0) is 4.79 Å². The van der Waals surface area contributed by atoms with Crippen molar-refractivity contribution in [2.75, 3.05) is 13.7 Å². The van der Waals surface area contributed by atoms with E-state index in [1.165, 1.54) is 0 Å². The molecule has 2 rings (SSSR count). The number of rotatable bonds is 7. The third kappa shape index (κ3) is 4.52. The number of hydrazine groups is 1. The number of carbonyl (C=O) groups excluding carboxylic acids is 1. The summed E-state index contributed by atoms with van der Waals surface area (Å²) in [5.74, 6) is 0.995. The fraction of sp³-hybridized carbons (Fsp3) is 0.125. The number of nitrogens with zero attached hydrogens (tertiary/aromatic N) is 1. The Morgan fingerprint density at radius 2 is 1.91 bits per heavy atom. The molecule has 2 aromatic rings. The highest BCUT2D eigenvalue weighted by Gasteiger charge is 2.04. The summed E-state index contributed by atoms with van der Waals surface area (Å²) in [5.41, 5.74) is 6.56. The predicted molar refractivity (Wildman–Crippen MR) is 83.0 cm³/mol. The molecule has 0 aliphatic carbocycles. The van der Waals surface area contributed by atoms with Crippen LogP contribution >= 0.6 is 0 Å². The highest BCUT2D eigenvalue weighted by atomic mass is 16.5. The monoisotopic (exact) mass is 299 g/mol. The van der Waals surface area contributed by atoms with E-state index in [1.54, 1.807) is 49.8 Å². The summed E-state index contributed by atoms with van der Waals surface area (Å²) in [5, 5.41) is 0. The first kappa shape index (κ1) is 15.4. The Morgan fingerprint density at radius 3 is 2.55 bits per heavy atom. The van der Waals surface area contributed by atoms with E-state index < -0.39 is 0 Å². The van der Waals surface area contributed by atoms with Crippen LogP contribution in [0, 0.1) is 0 Å². The van der Waals surface area contributed by atoms with Gasteiger partial charge in [-0.15, -0.1) is 0 Å². The lowest BCUT2D eigenvalue weighted by Crippen LogP contribution is -2.38. The smallest absolute Gasteiger partial charge is 0.276 e. The van der Waals surface area contributed by atoms with Gasteiger partial charge in [-0.2, -0.15) is 0 Å². The zero-order valence-electron chi connectivity index (χ0n) is 12.2. The summed E-state index contributed by atoms with van der Waals surface area (Å²) in [6, 6.07) is 10.6. The first-order chi connectivity index (χ1) is 10.7. The molecule has 1 heterocycles. The van der Waals surface area contributed by atoms with Crippen LogP contribution < -0.4 is 20.3 Å². The van der Waals surface area contributed by atoms with E-state index in [0.29, 0.717) is 11.4 Å². The highest BCUT2D eigenvalue weighted by molar-refractivity contribution is 5.78. The number of nitrogens with one attached hydrogen (secondary N) is 2. The minimum absolute atomic E-state index is 0.111. The third-order valence-electron chi connectivity index (χ3n) is 2.79. The van der Waals surface area contributed by atoms with E-state index in [2.05, 4.69) is 22.4 Å². The van der Waals surface area contributed by atoms with Crippen LogP contribution in [-0.4, -0.2) is 24.6 Å². The Kier molecular flexibility index (Phi) is 5.37. The number of pyridine rings is 1. The van der Waals surface area contributed by atoms with Crippen molar-refractivity contribution in [1.29, 1.82) is 0 Å². The molecule has 1 aromatic carbocycles. The summed E-state index contributed by atoms with van der Waals surface area (Å²) in [4.78, 5) is 15.7. The largest absolute Gasteiger partial charge is 0.497 e. The Morgan fingerprint density at radius 1 is 1.18 bits per heavy atom. The van der Waals surface area contributed by atoms with Gasteiger partial charge in [0, 0.05) is 18.0 Å². The van der Waals surface area contributed by atoms with Gasteiger partial charge in [-0.3, -0.25) is 20.6 Å². The van der Waals surface area contributed by atoms with Gasteiger partial charge in [0.05, 0.1) is 12.8 Å². The standard InChI is InChI=1S/C16H17N3O3/c1-12(13-4-3-9-17-10-13)18-19-16(20)11-22-15-7-5-14(21-2)6-8-15/h3-10,18H,1,11H2,2H3,(H,19,20). The van der Waals surface area contributed by atoms with Crippen LogP contribution in [0.25, 0.3) is 5.70 Å². The van der Waals surface area contributed by atoms with Crippen molar-refractivity contribution >= 4 is 11.6 Å². The number of hydrogen-bond donors (Lipinski definition) is 2. The van der Waals surface area contributed by atoms with Crippen molar-refractivity contribution in [2.45, 2.75) is 0 Å². The Hall–Kier alpha value is -3.02. The van der Waals surface area contributed by atoms with Gasteiger partial charge in [0.25, 0.3) is 5.91 Å². The molecular formula is C16H17N3O3. The number of amides is 1. The van der Waals surface area contributed by atoms with Crippen LogP contribution in [0.4, 0.5) is 0 Å². The van der Waals surface area contributed by atoms with Gasteiger partial charge in [-0.05, 0) is 36.4 Å². The van der Waals surface area contributed by atoms with Crippen molar-refractivity contribution in [3.8, 4) is 11.5 Å². The maximum absolute atomic E-state index is 11.7. The van der Waals surface area contributed by atoms with Crippen LogP contribution in [0.1, 0.15) is 5.56 Å². The highest BCUT2D eigenvalue weighted by Crippen LogP contribution is 2.16. The lowest BCUT2D eigenvalue weighted by Gasteiger charge is -2.11.